The monoisotopic (exact) mass is 466 g/mol. The summed E-state index contributed by atoms with van der Waals surface area (Å²) in [6.07, 6.45) is 0. The number of amides is 1. The fourth-order valence-corrected chi connectivity index (χ4v) is 7.29. The maximum Gasteiger partial charge on any atom is 0.265 e. The number of carbonyl (C=O) groups excluding carboxylic acids is 1. The first-order chi connectivity index (χ1) is 14.2. The molecule has 2 aromatic carbocycles. The highest BCUT2D eigenvalue weighted by atomic mass is 32.2. The van der Waals surface area contributed by atoms with E-state index in [1.807, 2.05) is 19.1 Å². The van der Waals surface area contributed by atoms with Crippen LogP contribution in [-0.4, -0.2) is 35.6 Å². The van der Waals surface area contributed by atoms with Gasteiger partial charge in [0.05, 0.1) is 29.7 Å². The van der Waals surface area contributed by atoms with Crippen LogP contribution in [0, 0.1) is 26.2 Å². The van der Waals surface area contributed by atoms with E-state index < -0.39 is 31.4 Å². The predicted molar refractivity (Wildman–Crippen MR) is 120 cm³/mol. The highest BCUT2D eigenvalue weighted by molar-refractivity contribution is 7.94. The summed E-state index contributed by atoms with van der Waals surface area (Å²) in [7, 11) is -6.77. The Hall–Kier alpha value is -2.59. The fourth-order valence-electron chi connectivity index (χ4n) is 3.79. The van der Waals surface area contributed by atoms with Crippen LogP contribution in [0.2, 0.25) is 0 Å². The van der Waals surface area contributed by atoms with E-state index in [0.29, 0.717) is 9.99 Å². The number of carbonyl (C=O) groups is 1. The van der Waals surface area contributed by atoms with Gasteiger partial charge in [-0.2, -0.15) is 0 Å². The average molecular weight is 467 g/mol. The fraction of sp³-hybridized carbons (Fsp3) is 0.381. The third-order valence-corrected chi connectivity index (χ3v) is 8.56. The molecule has 0 spiro atoms. The van der Waals surface area contributed by atoms with E-state index in [4.69, 9.17) is 4.74 Å². The molecule has 1 fully saturated rings. The van der Waals surface area contributed by atoms with Crippen molar-refractivity contribution in [3.8, 4) is 5.75 Å². The van der Waals surface area contributed by atoms with Gasteiger partial charge in [-0.3, -0.25) is 9.52 Å². The van der Waals surface area contributed by atoms with Crippen molar-refractivity contribution in [2.45, 2.75) is 39.5 Å². The number of benzene rings is 2. The van der Waals surface area contributed by atoms with Gasteiger partial charge in [-0.1, -0.05) is 17.7 Å². The van der Waals surface area contributed by atoms with Crippen LogP contribution in [0.3, 0.4) is 0 Å². The molecular formula is C21H26N2O6S2. The molecule has 10 heteroatoms. The molecule has 1 N–H and O–H groups in total. The molecule has 0 unspecified atom stereocenters. The lowest BCUT2D eigenvalue weighted by molar-refractivity contribution is -0.123. The quantitative estimate of drug-likeness (QED) is 0.725. The van der Waals surface area contributed by atoms with Crippen LogP contribution in [0.25, 0.3) is 0 Å². The lowest BCUT2D eigenvalue weighted by Gasteiger charge is -2.20. The summed E-state index contributed by atoms with van der Waals surface area (Å²) < 4.78 is 60.2. The molecule has 3 rings (SSSR count). The second kappa shape index (κ2) is 7.52. The maximum absolute atomic E-state index is 13.3. The Morgan fingerprint density at radius 2 is 1.65 bits per heavy atom. The highest BCUT2D eigenvalue weighted by Gasteiger charge is 2.50. The molecule has 1 aliphatic heterocycles. The molecule has 0 atom stereocenters. The van der Waals surface area contributed by atoms with Gasteiger partial charge in [0.1, 0.15) is 10.6 Å². The van der Waals surface area contributed by atoms with Crippen molar-refractivity contribution in [3.05, 3.63) is 47.0 Å². The Morgan fingerprint density at radius 1 is 1.06 bits per heavy atom. The molecule has 168 valence electrons. The Kier molecular flexibility index (Phi) is 5.60. The summed E-state index contributed by atoms with van der Waals surface area (Å²) in [5.41, 5.74) is 1.77. The zero-order valence-electron chi connectivity index (χ0n) is 18.3. The topological polar surface area (TPSA) is 110 Å². The van der Waals surface area contributed by atoms with Crippen LogP contribution >= 0.6 is 0 Å². The minimum absolute atomic E-state index is 0.0296. The van der Waals surface area contributed by atoms with Gasteiger partial charge in [0.25, 0.3) is 10.0 Å². The Morgan fingerprint density at radius 3 is 2.13 bits per heavy atom. The lowest BCUT2D eigenvalue weighted by atomic mass is 9.95. The minimum atomic E-state index is -4.16. The van der Waals surface area contributed by atoms with Gasteiger partial charge in [0, 0.05) is 0 Å². The van der Waals surface area contributed by atoms with Gasteiger partial charge in [0.2, 0.25) is 15.9 Å². The number of nitrogens with zero attached hydrogens (tertiary/aromatic N) is 1. The number of rotatable bonds is 5. The Bertz CT molecular complexity index is 1260. The lowest BCUT2D eigenvalue weighted by Crippen LogP contribution is -2.33. The van der Waals surface area contributed by atoms with Gasteiger partial charge in [-0.05, 0) is 63.9 Å². The molecule has 0 radical (unpaired) electrons. The molecule has 31 heavy (non-hydrogen) atoms. The number of ether oxygens (including phenoxy) is 1. The van der Waals surface area contributed by atoms with Crippen molar-refractivity contribution < 1.29 is 26.4 Å². The first kappa shape index (κ1) is 23.1. The number of hydrogen-bond donors (Lipinski definition) is 1. The number of anilines is 2. The highest BCUT2D eigenvalue weighted by Crippen LogP contribution is 2.39. The predicted octanol–water partition coefficient (Wildman–Crippen LogP) is 3.12. The van der Waals surface area contributed by atoms with Gasteiger partial charge >= 0.3 is 0 Å². The van der Waals surface area contributed by atoms with Gasteiger partial charge < -0.3 is 4.74 Å². The molecule has 0 bridgehead atoms. The van der Waals surface area contributed by atoms with Crippen molar-refractivity contribution in [1.82, 2.24) is 0 Å². The van der Waals surface area contributed by atoms with Crippen molar-refractivity contribution in [3.63, 3.8) is 0 Å². The van der Waals surface area contributed by atoms with E-state index in [1.54, 1.807) is 27.7 Å². The summed E-state index contributed by atoms with van der Waals surface area (Å²) in [6.45, 7) is 8.59. The summed E-state index contributed by atoms with van der Waals surface area (Å²) in [6, 6.07) is 7.56. The Balaban J connectivity index is 2.13. The third kappa shape index (κ3) is 4.14. The van der Waals surface area contributed by atoms with E-state index in [0.717, 1.165) is 22.8 Å². The van der Waals surface area contributed by atoms with E-state index in [2.05, 4.69) is 4.72 Å². The molecule has 1 heterocycles. The summed E-state index contributed by atoms with van der Waals surface area (Å²) >= 11 is 0. The SMILES string of the molecule is COc1ccc(N2C(=O)C(C)(C)CS2(=O)=O)cc1S(=O)(=O)Nc1c(C)cc(C)cc1C. The summed E-state index contributed by atoms with van der Waals surface area (Å²) in [4.78, 5) is 12.5. The molecular weight excluding hydrogens is 440 g/mol. The van der Waals surface area contributed by atoms with Gasteiger partial charge in [-0.25, -0.2) is 21.1 Å². The molecule has 8 nitrogen and oxygen atoms in total. The normalized spacial score (nSPS) is 17.6. The number of hydrogen-bond acceptors (Lipinski definition) is 6. The number of nitrogens with one attached hydrogen (secondary N) is 1. The molecule has 1 saturated heterocycles. The van der Waals surface area contributed by atoms with Gasteiger partial charge in [-0.15, -0.1) is 0 Å². The second-order valence-corrected chi connectivity index (χ2v) is 11.9. The number of sulfonamides is 2. The first-order valence-corrected chi connectivity index (χ1v) is 12.6. The van der Waals surface area contributed by atoms with Crippen molar-refractivity contribution in [2.75, 3.05) is 21.9 Å². The van der Waals surface area contributed by atoms with Crippen molar-refractivity contribution >= 4 is 37.3 Å². The molecule has 1 amide bonds. The standard InChI is InChI=1S/C21H26N2O6S2/c1-13-9-14(2)19(15(3)10-13)22-31(27,28)18-11-16(7-8-17(18)29-6)23-20(24)21(4,5)12-30(23,25)26/h7-11,22H,12H2,1-6H3. The van der Waals surface area contributed by atoms with Crippen LogP contribution in [0.1, 0.15) is 30.5 Å². The largest absolute Gasteiger partial charge is 0.495 e. The first-order valence-electron chi connectivity index (χ1n) is 9.56. The van der Waals surface area contributed by atoms with Crippen LogP contribution in [0.5, 0.6) is 5.75 Å². The van der Waals surface area contributed by atoms with E-state index in [-0.39, 0.29) is 22.1 Å². The average Bonchev–Trinajstić information content (AvgIpc) is 2.80. The zero-order valence-corrected chi connectivity index (χ0v) is 19.9. The summed E-state index contributed by atoms with van der Waals surface area (Å²) in [5.74, 6) is -0.936. The van der Waals surface area contributed by atoms with Crippen molar-refractivity contribution in [2.24, 2.45) is 5.41 Å². The number of methoxy groups -OCH3 is 1. The smallest absolute Gasteiger partial charge is 0.265 e. The van der Waals surface area contributed by atoms with Crippen LogP contribution in [0.4, 0.5) is 11.4 Å². The van der Waals surface area contributed by atoms with Crippen molar-refractivity contribution in [1.29, 1.82) is 0 Å². The molecule has 0 saturated carbocycles. The second-order valence-electron chi connectivity index (χ2n) is 8.42. The van der Waals surface area contributed by atoms with Crippen LogP contribution in [-0.2, 0) is 24.8 Å². The molecule has 0 aliphatic carbocycles. The molecule has 0 aromatic heterocycles. The molecule has 2 aromatic rings. The minimum Gasteiger partial charge on any atom is -0.495 e. The van der Waals surface area contributed by atoms with Gasteiger partial charge in [0.15, 0.2) is 0 Å². The molecule has 1 aliphatic rings. The van der Waals surface area contributed by atoms with Crippen LogP contribution in [0.15, 0.2) is 35.2 Å². The number of aryl methyl sites for hydroxylation is 3. The van der Waals surface area contributed by atoms with E-state index in [1.165, 1.54) is 19.2 Å². The zero-order chi connectivity index (χ0) is 23.4. The maximum atomic E-state index is 13.3. The third-order valence-electron chi connectivity index (χ3n) is 5.17. The summed E-state index contributed by atoms with van der Waals surface area (Å²) in [5, 5.41) is 0. The van der Waals surface area contributed by atoms with Crippen LogP contribution < -0.4 is 13.8 Å². The Labute approximate surface area is 183 Å². The van der Waals surface area contributed by atoms with E-state index >= 15 is 0 Å². The van der Waals surface area contributed by atoms with E-state index in [9.17, 15) is 21.6 Å².